The van der Waals surface area contributed by atoms with Crippen molar-refractivity contribution in [3.63, 3.8) is 0 Å². The summed E-state index contributed by atoms with van der Waals surface area (Å²) in [6.45, 7) is 1.68. The zero-order valence-corrected chi connectivity index (χ0v) is 8.65. The van der Waals surface area contributed by atoms with Crippen LogP contribution in [-0.4, -0.2) is 29.9 Å². The van der Waals surface area contributed by atoms with Gasteiger partial charge >= 0.3 is 0 Å². The molecule has 3 rings (SSSR count). The van der Waals surface area contributed by atoms with Crippen molar-refractivity contribution in [2.75, 3.05) is 19.8 Å². The largest absolute Gasteiger partial charge is 0.396 e. The van der Waals surface area contributed by atoms with Crippen LogP contribution in [0.5, 0.6) is 0 Å². The standard InChI is InChI=1S/C12H15NO2/c14-7-11(4-5-11)12(8-15-9-12)10-3-1-2-6-13-10/h1-3,6,14H,4-5,7-9H2. The van der Waals surface area contributed by atoms with Gasteiger partial charge in [-0.1, -0.05) is 6.07 Å². The molecule has 15 heavy (non-hydrogen) atoms. The predicted molar refractivity (Wildman–Crippen MR) is 55.5 cm³/mol. The maximum atomic E-state index is 9.54. The number of hydrogen-bond acceptors (Lipinski definition) is 3. The fraction of sp³-hybridized carbons (Fsp3) is 0.583. The Labute approximate surface area is 89.1 Å². The van der Waals surface area contributed by atoms with Gasteiger partial charge in [-0.15, -0.1) is 0 Å². The van der Waals surface area contributed by atoms with Gasteiger partial charge in [-0.2, -0.15) is 0 Å². The number of nitrogens with zero attached hydrogens (tertiary/aromatic N) is 1. The second-order valence-corrected chi connectivity index (χ2v) is 4.73. The first-order valence-corrected chi connectivity index (χ1v) is 5.43. The molecule has 1 aliphatic carbocycles. The highest BCUT2D eigenvalue weighted by atomic mass is 16.5. The van der Waals surface area contributed by atoms with E-state index in [1.807, 2.05) is 18.3 Å². The van der Waals surface area contributed by atoms with E-state index in [4.69, 9.17) is 4.74 Å². The van der Waals surface area contributed by atoms with Gasteiger partial charge < -0.3 is 9.84 Å². The average molecular weight is 205 g/mol. The predicted octanol–water partition coefficient (Wildman–Crippen LogP) is 1.12. The van der Waals surface area contributed by atoms with Crippen LogP contribution in [0.1, 0.15) is 18.5 Å². The summed E-state index contributed by atoms with van der Waals surface area (Å²) in [7, 11) is 0. The lowest BCUT2D eigenvalue weighted by atomic mass is 9.68. The third-order valence-corrected chi connectivity index (χ3v) is 4.02. The summed E-state index contributed by atoms with van der Waals surface area (Å²) >= 11 is 0. The Hall–Kier alpha value is -0.930. The summed E-state index contributed by atoms with van der Waals surface area (Å²) in [4.78, 5) is 4.44. The van der Waals surface area contributed by atoms with Crippen molar-refractivity contribution in [3.05, 3.63) is 30.1 Å². The Morgan fingerprint density at radius 1 is 1.33 bits per heavy atom. The van der Waals surface area contributed by atoms with Gasteiger partial charge in [-0.3, -0.25) is 4.98 Å². The lowest BCUT2D eigenvalue weighted by Gasteiger charge is -2.46. The zero-order chi connectivity index (χ0) is 10.4. The molecule has 2 aliphatic rings. The van der Waals surface area contributed by atoms with E-state index in [1.54, 1.807) is 0 Å². The first-order chi connectivity index (χ1) is 7.33. The summed E-state index contributed by atoms with van der Waals surface area (Å²) < 4.78 is 5.37. The van der Waals surface area contributed by atoms with Crippen molar-refractivity contribution in [3.8, 4) is 0 Å². The van der Waals surface area contributed by atoms with Gasteiger partial charge in [0.2, 0.25) is 0 Å². The van der Waals surface area contributed by atoms with Crippen molar-refractivity contribution in [1.82, 2.24) is 4.98 Å². The van der Waals surface area contributed by atoms with E-state index in [0.29, 0.717) is 13.2 Å². The number of aliphatic hydroxyl groups excluding tert-OH is 1. The summed E-state index contributed by atoms with van der Waals surface area (Å²) in [6, 6.07) is 5.99. The second kappa shape index (κ2) is 3.03. The van der Waals surface area contributed by atoms with Gasteiger partial charge in [0.15, 0.2) is 0 Å². The Balaban J connectivity index is 2.00. The molecule has 0 atom stereocenters. The highest BCUT2D eigenvalue weighted by Crippen LogP contribution is 2.61. The molecule has 0 amide bonds. The molecule has 1 N–H and O–H groups in total. The van der Waals surface area contributed by atoms with E-state index in [0.717, 1.165) is 18.5 Å². The van der Waals surface area contributed by atoms with Crippen LogP contribution in [-0.2, 0) is 10.2 Å². The quantitative estimate of drug-likeness (QED) is 0.804. The zero-order valence-electron chi connectivity index (χ0n) is 8.65. The van der Waals surface area contributed by atoms with Gasteiger partial charge in [0, 0.05) is 18.2 Å². The van der Waals surface area contributed by atoms with Gasteiger partial charge in [0.05, 0.1) is 24.3 Å². The molecule has 1 saturated carbocycles. The molecular weight excluding hydrogens is 190 g/mol. The fourth-order valence-electron chi connectivity index (χ4n) is 2.62. The van der Waals surface area contributed by atoms with Crippen LogP contribution in [0, 0.1) is 5.41 Å². The SMILES string of the molecule is OCC1(C2(c3ccccn3)COC2)CC1. The van der Waals surface area contributed by atoms with Gasteiger partial charge in [-0.05, 0) is 25.0 Å². The molecule has 1 aliphatic heterocycles. The molecule has 0 bridgehead atoms. The number of aromatic nitrogens is 1. The van der Waals surface area contributed by atoms with E-state index >= 15 is 0 Å². The normalized spacial score (nSPS) is 25.7. The average Bonchev–Trinajstić information content (AvgIpc) is 2.99. The van der Waals surface area contributed by atoms with Crippen LogP contribution in [0.15, 0.2) is 24.4 Å². The Bertz CT molecular complexity index is 355. The van der Waals surface area contributed by atoms with Gasteiger partial charge in [0.1, 0.15) is 0 Å². The van der Waals surface area contributed by atoms with Crippen LogP contribution in [0.25, 0.3) is 0 Å². The minimum Gasteiger partial charge on any atom is -0.396 e. The molecule has 1 aromatic heterocycles. The Kier molecular flexibility index (Phi) is 1.88. The lowest BCUT2D eigenvalue weighted by Crippen LogP contribution is -2.55. The number of aliphatic hydroxyl groups is 1. The third kappa shape index (κ3) is 1.11. The first-order valence-electron chi connectivity index (χ1n) is 5.43. The van der Waals surface area contributed by atoms with E-state index in [9.17, 15) is 5.11 Å². The summed E-state index contributed by atoms with van der Waals surface area (Å²) in [5, 5.41) is 9.54. The summed E-state index contributed by atoms with van der Waals surface area (Å²) in [5.74, 6) is 0. The van der Waals surface area contributed by atoms with Crippen molar-refractivity contribution >= 4 is 0 Å². The summed E-state index contributed by atoms with van der Waals surface area (Å²) in [6.07, 6.45) is 4.02. The maximum absolute atomic E-state index is 9.54. The Morgan fingerprint density at radius 2 is 2.13 bits per heavy atom. The molecule has 2 heterocycles. The molecule has 80 valence electrons. The lowest BCUT2D eigenvalue weighted by molar-refractivity contribution is -0.112. The molecule has 0 radical (unpaired) electrons. The van der Waals surface area contributed by atoms with Crippen LogP contribution in [0.4, 0.5) is 0 Å². The number of rotatable bonds is 3. The second-order valence-electron chi connectivity index (χ2n) is 4.73. The molecule has 2 fully saturated rings. The van der Waals surface area contributed by atoms with Gasteiger partial charge in [0.25, 0.3) is 0 Å². The summed E-state index contributed by atoms with van der Waals surface area (Å²) in [5.41, 5.74) is 1.13. The number of pyridine rings is 1. The van der Waals surface area contributed by atoms with Gasteiger partial charge in [-0.25, -0.2) is 0 Å². The fourth-order valence-corrected chi connectivity index (χ4v) is 2.62. The van der Waals surface area contributed by atoms with E-state index in [2.05, 4.69) is 11.1 Å². The van der Waals surface area contributed by atoms with E-state index in [1.165, 1.54) is 0 Å². The molecule has 3 heteroatoms. The number of hydrogen-bond donors (Lipinski definition) is 1. The van der Waals surface area contributed by atoms with Crippen molar-refractivity contribution in [2.24, 2.45) is 5.41 Å². The molecular formula is C12H15NO2. The highest BCUT2D eigenvalue weighted by Gasteiger charge is 2.64. The van der Waals surface area contributed by atoms with Crippen LogP contribution in [0.3, 0.4) is 0 Å². The van der Waals surface area contributed by atoms with Crippen LogP contribution < -0.4 is 0 Å². The number of ether oxygens (including phenoxy) is 1. The molecule has 0 unspecified atom stereocenters. The topological polar surface area (TPSA) is 42.4 Å². The molecule has 3 nitrogen and oxygen atoms in total. The maximum Gasteiger partial charge on any atom is 0.0670 e. The van der Waals surface area contributed by atoms with Crippen LogP contribution >= 0.6 is 0 Å². The van der Waals surface area contributed by atoms with Crippen LogP contribution in [0.2, 0.25) is 0 Å². The van der Waals surface area contributed by atoms with Crippen molar-refractivity contribution < 1.29 is 9.84 Å². The Morgan fingerprint density at radius 3 is 2.53 bits per heavy atom. The third-order valence-electron chi connectivity index (χ3n) is 4.02. The van der Waals surface area contributed by atoms with Crippen molar-refractivity contribution in [2.45, 2.75) is 18.3 Å². The monoisotopic (exact) mass is 205 g/mol. The molecule has 1 saturated heterocycles. The van der Waals surface area contributed by atoms with E-state index in [-0.39, 0.29) is 17.4 Å². The first kappa shape index (κ1) is 9.31. The molecule has 1 aromatic rings. The molecule has 0 spiro atoms. The highest BCUT2D eigenvalue weighted by molar-refractivity contribution is 5.29. The smallest absolute Gasteiger partial charge is 0.0670 e. The van der Waals surface area contributed by atoms with Crippen molar-refractivity contribution in [1.29, 1.82) is 0 Å². The van der Waals surface area contributed by atoms with E-state index < -0.39 is 0 Å². The minimum absolute atomic E-state index is 0.0109. The minimum atomic E-state index is -0.0109. The molecule has 0 aromatic carbocycles.